The molecule has 2 rings (SSSR count). The van der Waals surface area contributed by atoms with Crippen LogP contribution in [0.4, 0.5) is 0 Å². The highest BCUT2D eigenvalue weighted by atomic mass is 16.5. The van der Waals surface area contributed by atoms with Gasteiger partial charge in [-0.15, -0.1) is 0 Å². The molecule has 2 aromatic rings. The Bertz CT molecular complexity index is 882. The van der Waals surface area contributed by atoms with Gasteiger partial charge in [-0.3, -0.25) is 4.79 Å². The van der Waals surface area contributed by atoms with E-state index in [1.54, 1.807) is 31.4 Å². The largest absolute Gasteiger partial charge is 0.493 e. The molecule has 1 unspecified atom stereocenters. The number of carbonyl (C=O) groups is 1. The molecule has 0 bridgehead atoms. The minimum absolute atomic E-state index is 0.212. The van der Waals surface area contributed by atoms with E-state index in [0.29, 0.717) is 35.2 Å². The normalized spacial score (nSPS) is 11.9. The van der Waals surface area contributed by atoms with Gasteiger partial charge in [0.05, 0.1) is 31.4 Å². The second kappa shape index (κ2) is 10.2. The number of nitrogens with zero attached hydrogens (tertiary/aromatic N) is 1. The van der Waals surface area contributed by atoms with E-state index in [9.17, 15) is 4.79 Å². The van der Waals surface area contributed by atoms with Crippen molar-refractivity contribution in [2.45, 2.75) is 26.8 Å². The molecule has 0 aliphatic carbocycles. The van der Waals surface area contributed by atoms with Crippen molar-refractivity contribution >= 4 is 12.0 Å². The second-order valence-corrected chi connectivity index (χ2v) is 6.88. The fourth-order valence-electron chi connectivity index (χ4n) is 2.58. The fraction of sp³-hybridized carbons (Fsp3) is 0.304. The molecule has 28 heavy (non-hydrogen) atoms. The predicted octanol–water partition coefficient (Wildman–Crippen LogP) is 4.49. The van der Waals surface area contributed by atoms with E-state index in [-0.39, 0.29) is 11.9 Å². The zero-order valence-corrected chi connectivity index (χ0v) is 16.7. The fourth-order valence-corrected chi connectivity index (χ4v) is 2.58. The summed E-state index contributed by atoms with van der Waals surface area (Å²) in [6.07, 6.45) is 3.08. The molecule has 0 aliphatic rings. The summed E-state index contributed by atoms with van der Waals surface area (Å²) in [5.74, 6) is 1.50. The molecule has 0 fully saturated rings. The molecule has 1 atom stereocenters. The molecule has 0 radical (unpaired) electrons. The quantitative estimate of drug-likeness (QED) is 0.687. The van der Waals surface area contributed by atoms with Gasteiger partial charge in [0.1, 0.15) is 0 Å². The Morgan fingerprint density at radius 3 is 2.61 bits per heavy atom. The Hall–Kier alpha value is -3.26. The number of rotatable bonds is 8. The van der Waals surface area contributed by atoms with E-state index in [1.165, 1.54) is 6.08 Å². The van der Waals surface area contributed by atoms with Crippen molar-refractivity contribution in [2.75, 3.05) is 13.7 Å². The third-order valence-corrected chi connectivity index (χ3v) is 4.11. The van der Waals surface area contributed by atoms with Crippen molar-refractivity contribution in [3.05, 3.63) is 65.2 Å². The lowest BCUT2D eigenvalue weighted by Gasteiger charge is -2.17. The first kappa shape index (κ1) is 21.0. The number of benzene rings is 2. The van der Waals surface area contributed by atoms with Crippen LogP contribution in [0.15, 0.2) is 48.5 Å². The molecule has 0 aromatic heterocycles. The average Bonchev–Trinajstić information content (AvgIpc) is 2.70. The van der Waals surface area contributed by atoms with Crippen LogP contribution in [0.5, 0.6) is 11.5 Å². The van der Waals surface area contributed by atoms with Gasteiger partial charge in [-0.1, -0.05) is 38.1 Å². The molecule has 0 saturated carbocycles. The maximum Gasteiger partial charge on any atom is 0.244 e. The number of nitriles is 1. The van der Waals surface area contributed by atoms with Gasteiger partial charge in [-0.2, -0.15) is 5.26 Å². The molecule has 0 heterocycles. The van der Waals surface area contributed by atoms with Crippen LogP contribution in [0.1, 0.15) is 43.5 Å². The van der Waals surface area contributed by atoms with Crippen LogP contribution in [-0.2, 0) is 4.79 Å². The van der Waals surface area contributed by atoms with Gasteiger partial charge < -0.3 is 14.8 Å². The Labute approximate surface area is 166 Å². The highest BCUT2D eigenvalue weighted by Crippen LogP contribution is 2.30. The van der Waals surface area contributed by atoms with Gasteiger partial charge >= 0.3 is 0 Å². The van der Waals surface area contributed by atoms with Crippen LogP contribution in [-0.4, -0.2) is 19.6 Å². The molecule has 0 spiro atoms. The third-order valence-electron chi connectivity index (χ3n) is 4.11. The van der Waals surface area contributed by atoms with Crippen LogP contribution in [0, 0.1) is 17.2 Å². The number of nitrogens with one attached hydrogen (secondary N) is 1. The van der Waals surface area contributed by atoms with Gasteiger partial charge in [0.25, 0.3) is 0 Å². The van der Waals surface area contributed by atoms with Gasteiger partial charge in [0.2, 0.25) is 5.91 Å². The number of hydrogen-bond donors (Lipinski definition) is 1. The zero-order chi connectivity index (χ0) is 20.5. The number of amides is 1. The van der Waals surface area contributed by atoms with E-state index in [0.717, 1.165) is 5.56 Å². The van der Waals surface area contributed by atoms with Gasteiger partial charge in [-0.25, -0.2) is 0 Å². The van der Waals surface area contributed by atoms with E-state index in [2.05, 4.69) is 25.2 Å². The lowest BCUT2D eigenvalue weighted by molar-refractivity contribution is -0.117. The third kappa shape index (κ3) is 5.88. The molecule has 0 saturated heterocycles. The summed E-state index contributed by atoms with van der Waals surface area (Å²) in [5.41, 5.74) is 2.15. The minimum Gasteiger partial charge on any atom is -0.493 e. The molecule has 0 aliphatic heterocycles. The summed E-state index contributed by atoms with van der Waals surface area (Å²) in [7, 11) is 1.60. The molecule has 5 nitrogen and oxygen atoms in total. The summed E-state index contributed by atoms with van der Waals surface area (Å²) in [6.45, 7) is 6.68. The summed E-state index contributed by atoms with van der Waals surface area (Å²) < 4.78 is 11.2. The summed E-state index contributed by atoms with van der Waals surface area (Å²) in [6, 6.07) is 14.7. The van der Waals surface area contributed by atoms with Crippen molar-refractivity contribution in [3.63, 3.8) is 0 Å². The average molecular weight is 378 g/mol. The molecule has 146 valence electrons. The first-order valence-corrected chi connectivity index (χ1v) is 9.23. The van der Waals surface area contributed by atoms with Crippen molar-refractivity contribution in [1.29, 1.82) is 5.26 Å². The summed E-state index contributed by atoms with van der Waals surface area (Å²) in [4.78, 5) is 12.3. The topological polar surface area (TPSA) is 71.3 Å². The van der Waals surface area contributed by atoms with E-state index < -0.39 is 0 Å². The maximum absolute atomic E-state index is 12.3. The first-order valence-electron chi connectivity index (χ1n) is 9.23. The number of carbonyl (C=O) groups excluding carboxylic acids is 1. The highest BCUT2D eigenvalue weighted by Gasteiger charge is 2.12. The maximum atomic E-state index is 12.3. The minimum atomic E-state index is -0.237. The van der Waals surface area contributed by atoms with Crippen molar-refractivity contribution in [1.82, 2.24) is 5.32 Å². The van der Waals surface area contributed by atoms with Crippen LogP contribution in [0.2, 0.25) is 0 Å². The molecular weight excluding hydrogens is 352 g/mol. The summed E-state index contributed by atoms with van der Waals surface area (Å²) >= 11 is 0. The Kier molecular flexibility index (Phi) is 7.65. The van der Waals surface area contributed by atoms with E-state index >= 15 is 0 Å². The molecular formula is C23H26N2O3. The molecule has 2 aromatic carbocycles. The predicted molar refractivity (Wildman–Crippen MR) is 110 cm³/mol. The van der Waals surface area contributed by atoms with Crippen molar-refractivity contribution < 1.29 is 14.3 Å². The monoisotopic (exact) mass is 378 g/mol. The Morgan fingerprint density at radius 2 is 1.93 bits per heavy atom. The molecule has 5 heteroatoms. The number of methoxy groups -OCH3 is 1. The van der Waals surface area contributed by atoms with Crippen LogP contribution in [0.25, 0.3) is 6.08 Å². The first-order chi connectivity index (χ1) is 13.4. The van der Waals surface area contributed by atoms with Crippen LogP contribution < -0.4 is 14.8 Å². The Balaban J connectivity index is 2.05. The van der Waals surface area contributed by atoms with Gasteiger partial charge in [0, 0.05) is 6.08 Å². The van der Waals surface area contributed by atoms with Gasteiger partial charge in [0.15, 0.2) is 11.5 Å². The molecule has 1 amide bonds. The van der Waals surface area contributed by atoms with Gasteiger partial charge in [-0.05, 0) is 48.2 Å². The molecule has 1 N–H and O–H groups in total. The second-order valence-electron chi connectivity index (χ2n) is 6.88. The zero-order valence-electron chi connectivity index (χ0n) is 16.7. The number of hydrogen-bond acceptors (Lipinski definition) is 4. The van der Waals surface area contributed by atoms with E-state index in [1.807, 2.05) is 31.2 Å². The Morgan fingerprint density at radius 1 is 1.18 bits per heavy atom. The lowest BCUT2D eigenvalue weighted by Crippen LogP contribution is -2.24. The van der Waals surface area contributed by atoms with Crippen LogP contribution >= 0.6 is 0 Å². The number of ether oxygens (including phenoxy) is 2. The smallest absolute Gasteiger partial charge is 0.244 e. The highest BCUT2D eigenvalue weighted by molar-refractivity contribution is 5.92. The summed E-state index contributed by atoms with van der Waals surface area (Å²) in [5, 5.41) is 12.0. The lowest BCUT2D eigenvalue weighted by atomic mass is 10.1. The van der Waals surface area contributed by atoms with Crippen molar-refractivity contribution in [2.24, 2.45) is 5.92 Å². The van der Waals surface area contributed by atoms with Crippen LogP contribution in [0.3, 0.4) is 0 Å². The standard InChI is InChI=1S/C23H26N2O3/c1-16(2)15-28-21-11-9-19(13-22(21)27-4)17(3)25-23(26)12-10-18-7-5-6-8-20(18)14-24/h5-13,16-17H,15H2,1-4H3,(H,25,26)/b12-10+. The SMILES string of the molecule is COc1cc(C(C)NC(=O)/C=C/c2ccccc2C#N)ccc1OCC(C)C. The van der Waals surface area contributed by atoms with Crippen molar-refractivity contribution in [3.8, 4) is 17.6 Å². The van der Waals surface area contributed by atoms with E-state index in [4.69, 9.17) is 14.7 Å².